The molecule has 0 aliphatic carbocycles. The normalized spacial score (nSPS) is 10.3. The Morgan fingerprint density at radius 3 is 2.33 bits per heavy atom. The van der Waals surface area contributed by atoms with E-state index >= 15 is 0 Å². The molecule has 0 amide bonds. The monoisotopic (exact) mass is 202 g/mol. The molecule has 5 nitrogen and oxygen atoms in total. The SMILES string of the molecule is Cc1cncc(-c2cncc(CO)n2)n1. The first-order valence-corrected chi connectivity index (χ1v) is 4.50. The summed E-state index contributed by atoms with van der Waals surface area (Å²) >= 11 is 0. The lowest BCUT2D eigenvalue weighted by Gasteiger charge is -2.01. The van der Waals surface area contributed by atoms with Gasteiger partial charge in [-0.2, -0.15) is 0 Å². The number of hydrogen-bond acceptors (Lipinski definition) is 5. The smallest absolute Gasteiger partial charge is 0.109 e. The third kappa shape index (κ3) is 2.13. The molecule has 5 heteroatoms. The predicted molar refractivity (Wildman–Crippen MR) is 53.7 cm³/mol. The number of hydrogen-bond donors (Lipinski definition) is 1. The molecule has 2 aromatic heterocycles. The van der Waals surface area contributed by atoms with E-state index in [0.29, 0.717) is 17.1 Å². The van der Waals surface area contributed by atoms with Gasteiger partial charge in [0.15, 0.2) is 0 Å². The van der Waals surface area contributed by atoms with E-state index in [4.69, 9.17) is 5.11 Å². The van der Waals surface area contributed by atoms with Crippen molar-refractivity contribution in [2.24, 2.45) is 0 Å². The van der Waals surface area contributed by atoms with Gasteiger partial charge in [-0.3, -0.25) is 9.97 Å². The molecule has 0 aromatic carbocycles. The molecule has 0 radical (unpaired) electrons. The molecule has 1 N–H and O–H groups in total. The maximum atomic E-state index is 8.93. The van der Waals surface area contributed by atoms with Crippen LogP contribution in [-0.2, 0) is 6.61 Å². The highest BCUT2D eigenvalue weighted by atomic mass is 16.3. The molecular formula is C10H10N4O. The summed E-state index contributed by atoms with van der Waals surface area (Å²) in [7, 11) is 0. The fourth-order valence-electron chi connectivity index (χ4n) is 1.19. The molecule has 0 saturated carbocycles. The number of nitrogens with zero attached hydrogens (tertiary/aromatic N) is 4. The maximum Gasteiger partial charge on any atom is 0.109 e. The van der Waals surface area contributed by atoms with Gasteiger partial charge in [-0.1, -0.05) is 0 Å². The highest BCUT2D eigenvalue weighted by molar-refractivity contribution is 5.51. The molecule has 2 aromatic rings. The Bertz CT molecular complexity index is 472. The standard InChI is InChI=1S/C10H10N4O/c1-7-2-11-4-9(13-7)10-5-12-3-8(6-15)14-10/h2-5,15H,6H2,1H3. The van der Waals surface area contributed by atoms with Crippen molar-refractivity contribution in [1.82, 2.24) is 19.9 Å². The zero-order valence-electron chi connectivity index (χ0n) is 8.25. The number of aliphatic hydroxyl groups is 1. The molecule has 76 valence electrons. The van der Waals surface area contributed by atoms with Crippen LogP contribution in [0.3, 0.4) is 0 Å². The van der Waals surface area contributed by atoms with Gasteiger partial charge >= 0.3 is 0 Å². The van der Waals surface area contributed by atoms with Crippen LogP contribution in [0.25, 0.3) is 11.4 Å². The average molecular weight is 202 g/mol. The summed E-state index contributed by atoms with van der Waals surface area (Å²) in [5.41, 5.74) is 2.63. The first kappa shape index (κ1) is 9.67. The van der Waals surface area contributed by atoms with E-state index in [9.17, 15) is 0 Å². The molecule has 0 bridgehead atoms. The maximum absolute atomic E-state index is 8.93. The van der Waals surface area contributed by atoms with Gasteiger partial charge in [-0.25, -0.2) is 9.97 Å². The molecule has 0 saturated heterocycles. The van der Waals surface area contributed by atoms with Crippen LogP contribution in [-0.4, -0.2) is 25.0 Å². The summed E-state index contributed by atoms with van der Waals surface area (Å²) in [6.07, 6.45) is 6.42. The fourth-order valence-corrected chi connectivity index (χ4v) is 1.19. The highest BCUT2D eigenvalue weighted by Gasteiger charge is 2.03. The van der Waals surface area contributed by atoms with E-state index in [-0.39, 0.29) is 6.61 Å². The van der Waals surface area contributed by atoms with Gasteiger partial charge in [0.25, 0.3) is 0 Å². The molecule has 0 unspecified atom stereocenters. The van der Waals surface area contributed by atoms with E-state index < -0.39 is 0 Å². The van der Waals surface area contributed by atoms with Crippen molar-refractivity contribution in [3.63, 3.8) is 0 Å². The van der Waals surface area contributed by atoms with E-state index in [2.05, 4.69) is 19.9 Å². The Morgan fingerprint density at radius 1 is 1.00 bits per heavy atom. The minimum absolute atomic E-state index is 0.125. The molecule has 0 spiro atoms. The Balaban J connectivity index is 2.44. The van der Waals surface area contributed by atoms with Crippen LogP contribution in [0.1, 0.15) is 11.4 Å². The Labute approximate surface area is 86.9 Å². The van der Waals surface area contributed by atoms with E-state index in [1.807, 2.05) is 6.92 Å². The van der Waals surface area contributed by atoms with Crippen LogP contribution in [0.5, 0.6) is 0 Å². The van der Waals surface area contributed by atoms with Crippen molar-refractivity contribution in [1.29, 1.82) is 0 Å². The largest absolute Gasteiger partial charge is 0.390 e. The average Bonchev–Trinajstić information content (AvgIpc) is 2.29. The topological polar surface area (TPSA) is 71.8 Å². The van der Waals surface area contributed by atoms with Crippen molar-refractivity contribution in [3.05, 3.63) is 36.2 Å². The van der Waals surface area contributed by atoms with Crippen molar-refractivity contribution >= 4 is 0 Å². The van der Waals surface area contributed by atoms with Gasteiger partial charge in [0.2, 0.25) is 0 Å². The summed E-state index contributed by atoms with van der Waals surface area (Å²) in [6, 6.07) is 0. The van der Waals surface area contributed by atoms with Crippen molar-refractivity contribution < 1.29 is 5.11 Å². The van der Waals surface area contributed by atoms with Crippen LogP contribution in [0.2, 0.25) is 0 Å². The summed E-state index contributed by atoms with van der Waals surface area (Å²) in [6.45, 7) is 1.74. The van der Waals surface area contributed by atoms with Gasteiger partial charge in [0.05, 0.1) is 36.6 Å². The quantitative estimate of drug-likeness (QED) is 0.777. The van der Waals surface area contributed by atoms with Crippen LogP contribution in [0.15, 0.2) is 24.8 Å². The molecule has 0 aliphatic rings. The third-order valence-corrected chi connectivity index (χ3v) is 1.86. The second-order valence-corrected chi connectivity index (χ2v) is 3.10. The van der Waals surface area contributed by atoms with Gasteiger partial charge in [0.1, 0.15) is 11.4 Å². The van der Waals surface area contributed by atoms with Gasteiger partial charge in [0, 0.05) is 6.20 Å². The van der Waals surface area contributed by atoms with Crippen LogP contribution in [0.4, 0.5) is 0 Å². The highest BCUT2D eigenvalue weighted by Crippen LogP contribution is 2.12. The fraction of sp³-hybridized carbons (Fsp3) is 0.200. The van der Waals surface area contributed by atoms with Crippen molar-refractivity contribution in [2.75, 3.05) is 0 Å². The zero-order chi connectivity index (χ0) is 10.7. The van der Waals surface area contributed by atoms with E-state index in [0.717, 1.165) is 5.69 Å². The van der Waals surface area contributed by atoms with Crippen LogP contribution in [0, 0.1) is 6.92 Å². The minimum Gasteiger partial charge on any atom is -0.390 e. The summed E-state index contributed by atoms with van der Waals surface area (Å²) in [5, 5.41) is 8.93. The van der Waals surface area contributed by atoms with Crippen LogP contribution >= 0.6 is 0 Å². The van der Waals surface area contributed by atoms with Gasteiger partial charge in [-0.15, -0.1) is 0 Å². The Kier molecular flexibility index (Phi) is 2.64. The summed E-state index contributed by atoms with van der Waals surface area (Å²) in [4.78, 5) is 16.5. The number of aryl methyl sites for hydroxylation is 1. The van der Waals surface area contributed by atoms with E-state index in [1.165, 1.54) is 6.20 Å². The molecule has 0 atom stereocenters. The molecule has 2 heterocycles. The number of aromatic nitrogens is 4. The van der Waals surface area contributed by atoms with E-state index in [1.54, 1.807) is 18.6 Å². The Morgan fingerprint density at radius 2 is 1.67 bits per heavy atom. The Hall–Kier alpha value is -1.88. The summed E-state index contributed by atoms with van der Waals surface area (Å²) in [5.74, 6) is 0. The zero-order valence-corrected chi connectivity index (χ0v) is 8.25. The lowest BCUT2D eigenvalue weighted by Crippen LogP contribution is -1.96. The number of rotatable bonds is 2. The third-order valence-electron chi connectivity index (χ3n) is 1.86. The first-order valence-electron chi connectivity index (χ1n) is 4.50. The lowest BCUT2D eigenvalue weighted by molar-refractivity contribution is 0.276. The summed E-state index contributed by atoms with van der Waals surface area (Å²) < 4.78 is 0. The number of aliphatic hydroxyl groups excluding tert-OH is 1. The predicted octanol–water partition coefficient (Wildman–Crippen LogP) is 0.734. The van der Waals surface area contributed by atoms with Gasteiger partial charge in [-0.05, 0) is 6.92 Å². The van der Waals surface area contributed by atoms with Crippen molar-refractivity contribution in [2.45, 2.75) is 13.5 Å². The molecule has 15 heavy (non-hydrogen) atoms. The second kappa shape index (κ2) is 4.10. The molecule has 2 rings (SSSR count). The van der Waals surface area contributed by atoms with Gasteiger partial charge < -0.3 is 5.11 Å². The van der Waals surface area contributed by atoms with Crippen LogP contribution < -0.4 is 0 Å². The first-order chi connectivity index (χ1) is 7.29. The lowest BCUT2D eigenvalue weighted by atomic mass is 10.3. The molecular weight excluding hydrogens is 192 g/mol. The second-order valence-electron chi connectivity index (χ2n) is 3.10. The molecule has 0 aliphatic heterocycles. The van der Waals surface area contributed by atoms with Crippen molar-refractivity contribution in [3.8, 4) is 11.4 Å². The molecule has 0 fully saturated rings. The minimum atomic E-state index is -0.125.